The van der Waals surface area contributed by atoms with Gasteiger partial charge in [0, 0.05) is 10.8 Å². The third kappa shape index (κ3) is 4.69. The summed E-state index contributed by atoms with van der Waals surface area (Å²) in [5, 5.41) is 3.69. The van der Waals surface area contributed by atoms with Crippen molar-refractivity contribution in [3.8, 4) is 0 Å². The van der Waals surface area contributed by atoms with Crippen molar-refractivity contribution in [3.63, 3.8) is 0 Å². The third-order valence-corrected chi connectivity index (χ3v) is 4.30. The normalized spacial score (nSPS) is 10.0. The first kappa shape index (κ1) is 19.6. The second kappa shape index (κ2) is 8.62. The molecule has 0 radical (unpaired) electrons. The molecule has 120 valence electrons. The summed E-state index contributed by atoms with van der Waals surface area (Å²) in [6, 6.07) is 19.9. The van der Waals surface area contributed by atoms with Crippen LogP contribution in [0.25, 0.3) is 21.8 Å². The van der Waals surface area contributed by atoms with Gasteiger partial charge in [0.25, 0.3) is 0 Å². The fourth-order valence-electron chi connectivity index (χ4n) is 2.58. The minimum atomic E-state index is 0. The van der Waals surface area contributed by atoms with E-state index in [1.54, 1.807) is 0 Å². The molecule has 0 aliphatic rings. The standard InChI is InChI=1S/2C10H9NS.Zn/c2*1-7-3-2-4-9-8(7)5-6-10(12)11-9;/h2*2-6H,1H3,(H,11,12);/q;;+2/p-2. The van der Waals surface area contributed by atoms with Gasteiger partial charge in [-0.25, -0.2) is 0 Å². The van der Waals surface area contributed by atoms with Gasteiger partial charge in [-0.1, -0.05) is 58.6 Å². The number of aryl methyl sites for hydroxylation is 2. The van der Waals surface area contributed by atoms with Gasteiger partial charge in [0.1, 0.15) is 0 Å². The maximum atomic E-state index is 4.97. The number of benzene rings is 2. The number of nitrogens with zero attached hydrogens (tertiary/aromatic N) is 2. The van der Waals surface area contributed by atoms with E-state index in [2.05, 4.69) is 35.9 Å². The second-order valence-electron chi connectivity index (χ2n) is 5.58. The maximum absolute atomic E-state index is 4.97. The van der Waals surface area contributed by atoms with Crippen LogP contribution >= 0.6 is 0 Å². The largest absolute Gasteiger partial charge is 2.00 e. The summed E-state index contributed by atoms with van der Waals surface area (Å²) in [6.07, 6.45) is 0. The molecule has 2 aromatic carbocycles. The van der Waals surface area contributed by atoms with Crippen LogP contribution in [-0.4, -0.2) is 9.97 Å². The molecule has 0 spiro atoms. The number of rotatable bonds is 0. The van der Waals surface area contributed by atoms with Gasteiger partial charge in [-0.2, -0.15) is 0 Å². The maximum Gasteiger partial charge on any atom is 2.00 e. The molecule has 2 heterocycles. The quantitative estimate of drug-likeness (QED) is 0.302. The van der Waals surface area contributed by atoms with Crippen molar-refractivity contribution in [1.82, 2.24) is 9.97 Å². The Morgan fingerprint density at radius 3 is 1.40 bits per heavy atom. The van der Waals surface area contributed by atoms with Crippen LogP contribution in [0.2, 0.25) is 0 Å². The van der Waals surface area contributed by atoms with Crippen LogP contribution in [0.15, 0.2) is 70.7 Å². The van der Waals surface area contributed by atoms with Crippen LogP contribution in [-0.2, 0) is 44.7 Å². The van der Waals surface area contributed by atoms with Crippen molar-refractivity contribution in [1.29, 1.82) is 0 Å². The summed E-state index contributed by atoms with van der Waals surface area (Å²) in [7, 11) is 0. The summed E-state index contributed by atoms with van der Waals surface area (Å²) < 4.78 is 0. The fraction of sp³-hybridized carbons (Fsp3) is 0.100. The van der Waals surface area contributed by atoms with Crippen molar-refractivity contribution in [3.05, 3.63) is 71.8 Å². The number of aromatic nitrogens is 2. The molecule has 4 aromatic rings. The predicted molar refractivity (Wildman–Crippen MR) is 104 cm³/mol. The Morgan fingerprint density at radius 2 is 1.00 bits per heavy atom. The van der Waals surface area contributed by atoms with Crippen LogP contribution in [0.1, 0.15) is 11.1 Å². The second-order valence-corrected chi connectivity index (χ2v) is 6.42. The molecule has 4 rings (SSSR count). The Balaban J connectivity index is 0.000000173. The summed E-state index contributed by atoms with van der Waals surface area (Å²) in [4.78, 5) is 8.50. The van der Waals surface area contributed by atoms with E-state index in [0.29, 0.717) is 10.1 Å². The first-order valence-corrected chi connectivity index (χ1v) is 8.43. The van der Waals surface area contributed by atoms with Gasteiger partial charge in [-0.15, -0.1) is 0 Å². The third-order valence-electron chi connectivity index (χ3n) is 3.85. The first-order chi connectivity index (χ1) is 11.5. The van der Waals surface area contributed by atoms with Crippen LogP contribution in [0, 0.1) is 13.8 Å². The van der Waals surface area contributed by atoms with E-state index in [1.165, 1.54) is 21.9 Å². The van der Waals surface area contributed by atoms with Crippen molar-refractivity contribution in [2.45, 2.75) is 23.9 Å². The van der Waals surface area contributed by atoms with Gasteiger partial charge in [-0.3, -0.25) is 9.97 Å². The van der Waals surface area contributed by atoms with Gasteiger partial charge in [-0.05, 0) is 37.1 Å². The summed E-state index contributed by atoms with van der Waals surface area (Å²) in [5.74, 6) is 0. The van der Waals surface area contributed by atoms with E-state index in [4.69, 9.17) is 25.3 Å². The minimum absolute atomic E-state index is 0. The zero-order valence-electron chi connectivity index (χ0n) is 14.2. The molecule has 0 N–H and O–H groups in total. The Hall–Kier alpha value is -1.68. The summed E-state index contributed by atoms with van der Waals surface area (Å²) in [6.45, 7) is 4.15. The molecule has 5 heteroatoms. The number of hydrogen-bond donors (Lipinski definition) is 0. The fourth-order valence-corrected chi connectivity index (χ4v) is 2.91. The van der Waals surface area contributed by atoms with Crippen molar-refractivity contribution < 1.29 is 19.5 Å². The topological polar surface area (TPSA) is 25.8 Å². The summed E-state index contributed by atoms with van der Waals surface area (Å²) in [5.41, 5.74) is 4.47. The smallest absolute Gasteiger partial charge is 0.760 e. The van der Waals surface area contributed by atoms with E-state index in [1.807, 2.05) is 48.5 Å². The Bertz CT molecular complexity index is 936. The molecule has 0 saturated heterocycles. The molecule has 0 atom stereocenters. The SMILES string of the molecule is Cc1cccc2nc([S-])ccc12.Cc1cccc2nc([S-])ccc12.[Zn+2]. The molecule has 2 aromatic heterocycles. The molecule has 0 saturated carbocycles. The molecule has 0 fully saturated rings. The molecule has 0 aliphatic heterocycles. The zero-order chi connectivity index (χ0) is 17.1. The molecular formula is C20H16N2S2Zn. The van der Waals surface area contributed by atoms with E-state index >= 15 is 0 Å². The molecule has 0 unspecified atom stereocenters. The summed E-state index contributed by atoms with van der Waals surface area (Å²) >= 11 is 9.94. The van der Waals surface area contributed by atoms with Gasteiger partial charge >= 0.3 is 19.5 Å². The molecule has 25 heavy (non-hydrogen) atoms. The van der Waals surface area contributed by atoms with Crippen molar-refractivity contribution in [2.24, 2.45) is 0 Å². The number of pyridine rings is 2. The van der Waals surface area contributed by atoms with Crippen LogP contribution in [0.4, 0.5) is 0 Å². The monoisotopic (exact) mass is 412 g/mol. The average molecular weight is 414 g/mol. The van der Waals surface area contributed by atoms with Crippen LogP contribution in [0.5, 0.6) is 0 Å². The number of fused-ring (bicyclic) bond motifs is 2. The van der Waals surface area contributed by atoms with E-state index in [-0.39, 0.29) is 19.5 Å². The minimum Gasteiger partial charge on any atom is -0.760 e. The molecule has 0 aliphatic carbocycles. The van der Waals surface area contributed by atoms with Crippen molar-refractivity contribution in [2.75, 3.05) is 0 Å². The van der Waals surface area contributed by atoms with E-state index < -0.39 is 0 Å². The van der Waals surface area contributed by atoms with Crippen molar-refractivity contribution >= 4 is 47.1 Å². The van der Waals surface area contributed by atoms with Gasteiger partial charge < -0.3 is 25.3 Å². The Morgan fingerprint density at radius 1 is 0.600 bits per heavy atom. The van der Waals surface area contributed by atoms with E-state index in [0.717, 1.165) is 11.0 Å². The zero-order valence-corrected chi connectivity index (χ0v) is 18.8. The predicted octanol–water partition coefficient (Wildman–Crippen LogP) is 4.90. The van der Waals surface area contributed by atoms with Crippen LogP contribution < -0.4 is 0 Å². The van der Waals surface area contributed by atoms with Gasteiger partial charge in [0.2, 0.25) is 0 Å². The van der Waals surface area contributed by atoms with Gasteiger partial charge in [0.15, 0.2) is 0 Å². The molecule has 0 bridgehead atoms. The molecule has 2 nitrogen and oxygen atoms in total. The first-order valence-electron chi connectivity index (χ1n) is 7.61. The Labute approximate surface area is 171 Å². The Kier molecular flexibility index (Phi) is 6.77. The average Bonchev–Trinajstić information content (AvgIpc) is 2.55. The van der Waals surface area contributed by atoms with Gasteiger partial charge in [0.05, 0.1) is 11.0 Å². The molecule has 0 amide bonds. The van der Waals surface area contributed by atoms with E-state index in [9.17, 15) is 0 Å². The molecular weight excluding hydrogens is 398 g/mol. The van der Waals surface area contributed by atoms with Crippen LogP contribution in [0.3, 0.4) is 0 Å². The number of hydrogen-bond acceptors (Lipinski definition) is 4.